The Morgan fingerprint density at radius 1 is 1.50 bits per heavy atom. The molecule has 96 valence electrons. The molecule has 0 saturated heterocycles. The molecule has 0 radical (unpaired) electrons. The zero-order valence-corrected chi connectivity index (χ0v) is 11.2. The second-order valence-electron chi connectivity index (χ2n) is 4.44. The Hall–Kier alpha value is -1.32. The summed E-state index contributed by atoms with van der Waals surface area (Å²) in [6.07, 6.45) is 3.11. The lowest BCUT2D eigenvalue weighted by Crippen LogP contribution is -2.29. The lowest BCUT2D eigenvalue weighted by molar-refractivity contribution is 0.0956. The van der Waals surface area contributed by atoms with Crippen molar-refractivity contribution < 1.29 is 4.79 Å². The largest absolute Gasteiger partial charge is 0.348 e. The summed E-state index contributed by atoms with van der Waals surface area (Å²) in [6.45, 7) is 4.36. The highest BCUT2D eigenvalue weighted by Crippen LogP contribution is 2.20. The van der Waals surface area contributed by atoms with E-state index in [1.807, 2.05) is 19.1 Å². The van der Waals surface area contributed by atoms with Gasteiger partial charge in [0.2, 0.25) is 0 Å². The smallest absolute Gasteiger partial charge is 0.253 e. The van der Waals surface area contributed by atoms with E-state index in [1.165, 1.54) is 5.57 Å². The van der Waals surface area contributed by atoms with Crippen LogP contribution >= 0.6 is 11.6 Å². The Morgan fingerprint density at radius 3 is 3.06 bits per heavy atom. The van der Waals surface area contributed by atoms with Crippen LogP contribution in [0, 0.1) is 6.92 Å². The molecule has 3 nitrogen and oxygen atoms in total. The minimum absolute atomic E-state index is 0.108. The molecule has 1 aliphatic heterocycles. The van der Waals surface area contributed by atoms with Gasteiger partial charge in [-0.2, -0.15) is 0 Å². The molecule has 0 spiro atoms. The van der Waals surface area contributed by atoms with E-state index in [2.05, 4.69) is 16.7 Å². The lowest BCUT2D eigenvalue weighted by atomic mass is 10.1. The molecule has 2 N–H and O–H groups in total. The molecule has 1 aromatic carbocycles. The molecule has 1 heterocycles. The molecule has 18 heavy (non-hydrogen) atoms. The maximum atomic E-state index is 12.0. The summed E-state index contributed by atoms with van der Waals surface area (Å²) in [5, 5.41) is 6.69. The summed E-state index contributed by atoms with van der Waals surface area (Å²) in [5.41, 5.74) is 2.74. The number of aryl methyl sites for hydroxylation is 1. The van der Waals surface area contributed by atoms with Crippen molar-refractivity contribution >= 4 is 17.5 Å². The maximum absolute atomic E-state index is 12.0. The highest BCUT2D eigenvalue weighted by atomic mass is 35.5. The molecular weight excluding hydrogens is 248 g/mol. The van der Waals surface area contributed by atoms with Crippen molar-refractivity contribution in [1.82, 2.24) is 10.6 Å². The van der Waals surface area contributed by atoms with Crippen molar-refractivity contribution in [2.24, 2.45) is 0 Å². The number of amides is 1. The highest BCUT2D eigenvalue weighted by Gasteiger charge is 2.12. The van der Waals surface area contributed by atoms with Crippen LogP contribution < -0.4 is 10.6 Å². The van der Waals surface area contributed by atoms with Crippen LogP contribution in [-0.4, -0.2) is 25.5 Å². The van der Waals surface area contributed by atoms with E-state index in [0.29, 0.717) is 17.1 Å². The van der Waals surface area contributed by atoms with Gasteiger partial charge in [0.15, 0.2) is 0 Å². The number of benzene rings is 1. The Morgan fingerprint density at radius 2 is 2.33 bits per heavy atom. The molecule has 0 unspecified atom stereocenters. The van der Waals surface area contributed by atoms with Gasteiger partial charge < -0.3 is 10.6 Å². The van der Waals surface area contributed by atoms with E-state index < -0.39 is 0 Å². The van der Waals surface area contributed by atoms with Crippen LogP contribution in [0.15, 0.2) is 29.8 Å². The summed E-state index contributed by atoms with van der Waals surface area (Å²) >= 11 is 6.12. The van der Waals surface area contributed by atoms with Crippen LogP contribution in [-0.2, 0) is 0 Å². The van der Waals surface area contributed by atoms with Gasteiger partial charge in [-0.1, -0.05) is 35.4 Å². The molecule has 2 rings (SSSR count). The van der Waals surface area contributed by atoms with Crippen LogP contribution in [0.2, 0.25) is 5.02 Å². The first-order valence-corrected chi connectivity index (χ1v) is 6.48. The third-order valence-corrected chi connectivity index (χ3v) is 3.57. The summed E-state index contributed by atoms with van der Waals surface area (Å²) in [6, 6.07) is 5.50. The van der Waals surface area contributed by atoms with Crippen molar-refractivity contribution in [3.63, 3.8) is 0 Å². The number of carbonyl (C=O) groups is 1. The van der Waals surface area contributed by atoms with E-state index in [0.717, 1.165) is 25.1 Å². The molecule has 0 saturated carbocycles. The molecule has 0 aliphatic carbocycles. The van der Waals surface area contributed by atoms with Gasteiger partial charge in [-0.3, -0.25) is 4.79 Å². The van der Waals surface area contributed by atoms with E-state index >= 15 is 0 Å². The summed E-state index contributed by atoms with van der Waals surface area (Å²) in [4.78, 5) is 12.0. The second-order valence-corrected chi connectivity index (χ2v) is 4.81. The topological polar surface area (TPSA) is 41.1 Å². The summed E-state index contributed by atoms with van der Waals surface area (Å²) in [5.74, 6) is -0.108. The van der Waals surface area contributed by atoms with Gasteiger partial charge >= 0.3 is 0 Å². The Bertz CT molecular complexity index is 483. The number of hydrogen-bond acceptors (Lipinski definition) is 2. The molecule has 0 fully saturated rings. The zero-order valence-electron chi connectivity index (χ0n) is 10.4. The Balaban J connectivity index is 1.99. The Labute approximate surface area is 112 Å². The van der Waals surface area contributed by atoms with E-state index in [9.17, 15) is 4.79 Å². The number of nitrogens with one attached hydrogen (secondary N) is 2. The minimum Gasteiger partial charge on any atom is -0.348 e. The fourth-order valence-corrected chi connectivity index (χ4v) is 2.15. The average molecular weight is 265 g/mol. The van der Waals surface area contributed by atoms with Crippen LogP contribution in [0.1, 0.15) is 22.3 Å². The number of carbonyl (C=O) groups excluding carboxylic acids is 1. The van der Waals surface area contributed by atoms with Crippen molar-refractivity contribution in [2.45, 2.75) is 13.3 Å². The maximum Gasteiger partial charge on any atom is 0.253 e. The first kappa shape index (κ1) is 13.1. The van der Waals surface area contributed by atoms with Gasteiger partial charge in [0, 0.05) is 13.1 Å². The predicted molar refractivity (Wildman–Crippen MR) is 74.1 cm³/mol. The average Bonchev–Trinajstić information content (AvgIpc) is 2.40. The monoisotopic (exact) mass is 264 g/mol. The van der Waals surface area contributed by atoms with Crippen molar-refractivity contribution in [2.75, 3.05) is 19.6 Å². The van der Waals surface area contributed by atoms with Crippen molar-refractivity contribution in [3.8, 4) is 0 Å². The minimum atomic E-state index is -0.108. The normalized spacial score (nSPS) is 15.1. The molecule has 1 aliphatic rings. The summed E-state index contributed by atoms with van der Waals surface area (Å²) in [7, 11) is 0. The lowest BCUT2D eigenvalue weighted by Gasteiger charge is -2.15. The Kier molecular flexibility index (Phi) is 4.39. The molecule has 0 atom stereocenters. The van der Waals surface area contributed by atoms with Gasteiger partial charge in [-0.25, -0.2) is 0 Å². The molecule has 0 aromatic heterocycles. The van der Waals surface area contributed by atoms with E-state index in [-0.39, 0.29) is 5.91 Å². The van der Waals surface area contributed by atoms with Gasteiger partial charge in [0.1, 0.15) is 0 Å². The quantitative estimate of drug-likeness (QED) is 0.823. The SMILES string of the molecule is Cc1cccc(C(=O)NCC2=CCNCC2)c1Cl. The van der Waals surface area contributed by atoms with Crippen LogP contribution in [0.25, 0.3) is 0 Å². The zero-order chi connectivity index (χ0) is 13.0. The van der Waals surface area contributed by atoms with Gasteiger partial charge in [-0.15, -0.1) is 0 Å². The van der Waals surface area contributed by atoms with E-state index in [1.54, 1.807) is 6.07 Å². The summed E-state index contributed by atoms with van der Waals surface area (Å²) < 4.78 is 0. The number of halogens is 1. The van der Waals surface area contributed by atoms with Crippen LogP contribution in [0.5, 0.6) is 0 Å². The third kappa shape index (κ3) is 3.12. The molecule has 1 aromatic rings. The van der Waals surface area contributed by atoms with Crippen molar-refractivity contribution in [1.29, 1.82) is 0 Å². The van der Waals surface area contributed by atoms with Crippen LogP contribution in [0.4, 0.5) is 0 Å². The first-order valence-electron chi connectivity index (χ1n) is 6.10. The standard InChI is InChI=1S/C14H17ClN2O/c1-10-3-2-4-12(13(10)15)14(18)17-9-11-5-7-16-8-6-11/h2-5,16H,6-9H2,1H3,(H,17,18). The van der Waals surface area contributed by atoms with Crippen LogP contribution in [0.3, 0.4) is 0 Å². The fraction of sp³-hybridized carbons (Fsp3) is 0.357. The third-order valence-electron chi connectivity index (χ3n) is 3.07. The fourth-order valence-electron chi connectivity index (χ4n) is 1.94. The van der Waals surface area contributed by atoms with Crippen molar-refractivity contribution in [3.05, 3.63) is 46.0 Å². The molecule has 1 amide bonds. The molecule has 0 bridgehead atoms. The van der Waals surface area contributed by atoms with Gasteiger partial charge in [0.05, 0.1) is 10.6 Å². The number of rotatable bonds is 3. The molecular formula is C14H17ClN2O. The second kappa shape index (κ2) is 6.03. The predicted octanol–water partition coefficient (Wildman–Crippen LogP) is 2.30. The van der Waals surface area contributed by atoms with Gasteiger partial charge in [0.25, 0.3) is 5.91 Å². The highest BCUT2D eigenvalue weighted by molar-refractivity contribution is 6.34. The molecule has 4 heteroatoms. The van der Waals surface area contributed by atoms with E-state index in [4.69, 9.17) is 11.6 Å². The van der Waals surface area contributed by atoms with Gasteiger partial charge in [-0.05, 0) is 31.5 Å². The number of hydrogen-bond donors (Lipinski definition) is 2. The first-order chi connectivity index (χ1) is 8.68.